The molecule has 2 saturated heterocycles. The number of guanidine groups is 1. The van der Waals surface area contributed by atoms with Gasteiger partial charge in [0.15, 0.2) is 11.1 Å². The van der Waals surface area contributed by atoms with Crippen molar-refractivity contribution >= 4 is 22.4 Å². The van der Waals surface area contributed by atoms with Gasteiger partial charge in [-0.1, -0.05) is 6.92 Å². The van der Waals surface area contributed by atoms with Crippen LogP contribution in [0.15, 0.2) is 10.4 Å². The van der Waals surface area contributed by atoms with E-state index in [1.54, 1.807) is 11.3 Å². The van der Waals surface area contributed by atoms with Crippen molar-refractivity contribution in [2.24, 2.45) is 10.9 Å². The fourth-order valence-corrected chi connectivity index (χ4v) is 4.77. The molecule has 3 heterocycles. The van der Waals surface area contributed by atoms with E-state index in [1.807, 2.05) is 0 Å². The van der Waals surface area contributed by atoms with Crippen molar-refractivity contribution in [1.82, 2.24) is 20.5 Å². The summed E-state index contributed by atoms with van der Waals surface area (Å²) in [6.45, 7) is 15.2. The van der Waals surface area contributed by atoms with Crippen molar-refractivity contribution in [2.75, 3.05) is 44.2 Å². The number of aliphatic imine (C=N–C) groups is 1. The number of nitrogens with zero attached hydrogens (tertiary/aromatic N) is 4. The van der Waals surface area contributed by atoms with Gasteiger partial charge in [-0.25, -0.2) is 4.98 Å². The third-order valence-electron chi connectivity index (χ3n) is 5.59. The maximum atomic E-state index is 4.81. The fraction of sp³-hybridized carbons (Fsp3) is 0.800. The maximum Gasteiger partial charge on any atom is 0.191 e. The Balaban J connectivity index is 1.51. The molecule has 0 amide bonds. The molecule has 0 spiro atoms. The molecular formula is C20H36N6S. The summed E-state index contributed by atoms with van der Waals surface area (Å²) < 4.78 is 0. The molecule has 6 nitrogen and oxygen atoms in total. The van der Waals surface area contributed by atoms with Crippen molar-refractivity contribution in [2.45, 2.75) is 59.0 Å². The fourth-order valence-electron chi connectivity index (χ4n) is 3.86. The largest absolute Gasteiger partial charge is 0.357 e. The number of nitrogens with one attached hydrogen (secondary N) is 2. The quantitative estimate of drug-likeness (QED) is 0.552. The molecule has 0 bridgehead atoms. The van der Waals surface area contributed by atoms with Crippen LogP contribution in [0.25, 0.3) is 0 Å². The average molecular weight is 393 g/mol. The van der Waals surface area contributed by atoms with Gasteiger partial charge in [0.1, 0.15) is 0 Å². The first kappa shape index (κ1) is 20.4. The van der Waals surface area contributed by atoms with Crippen LogP contribution in [0.4, 0.5) is 5.13 Å². The van der Waals surface area contributed by atoms with Crippen LogP contribution in [-0.2, 0) is 6.42 Å². The molecule has 0 radical (unpaired) electrons. The van der Waals surface area contributed by atoms with Crippen LogP contribution in [-0.4, -0.2) is 67.2 Å². The van der Waals surface area contributed by atoms with Crippen molar-refractivity contribution in [3.8, 4) is 0 Å². The van der Waals surface area contributed by atoms with Gasteiger partial charge in [0.2, 0.25) is 0 Å². The van der Waals surface area contributed by atoms with E-state index in [0.29, 0.717) is 18.0 Å². The van der Waals surface area contributed by atoms with Crippen molar-refractivity contribution < 1.29 is 0 Å². The van der Waals surface area contributed by atoms with E-state index in [2.05, 4.69) is 53.5 Å². The molecule has 2 N–H and O–H groups in total. The number of aromatic nitrogens is 1. The summed E-state index contributed by atoms with van der Waals surface area (Å²) >= 11 is 1.77. The topological polar surface area (TPSA) is 55.8 Å². The molecular weight excluding hydrogens is 356 g/mol. The Morgan fingerprint density at radius 2 is 2.11 bits per heavy atom. The highest BCUT2D eigenvalue weighted by molar-refractivity contribution is 7.13. The minimum absolute atomic E-state index is 0.464. The molecule has 0 aromatic carbocycles. The minimum atomic E-state index is 0.464. The van der Waals surface area contributed by atoms with Gasteiger partial charge >= 0.3 is 0 Å². The predicted molar refractivity (Wildman–Crippen MR) is 116 cm³/mol. The number of hydrogen-bond acceptors (Lipinski definition) is 5. The third-order valence-corrected chi connectivity index (χ3v) is 6.54. The Morgan fingerprint density at radius 3 is 2.78 bits per heavy atom. The van der Waals surface area contributed by atoms with Crippen LogP contribution >= 0.6 is 11.3 Å². The Bertz CT molecular complexity index is 607. The van der Waals surface area contributed by atoms with E-state index in [-0.39, 0.29) is 0 Å². The SMILES string of the molecule is CCNC(=NCCc1csc(N2CCCC2)n1)NC1CN(C(C)C)CC1C. The third kappa shape index (κ3) is 5.57. The van der Waals surface area contributed by atoms with E-state index < -0.39 is 0 Å². The van der Waals surface area contributed by atoms with Crippen LogP contribution in [0.3, 0.4) is 0 Å². The number of anilines is 1. The second-order valence-electron chi connectivity index (χ2n) is 8.10. The zero-order valence-electron chi connectivity index (χ0n) is 17.4. The second-order valence-corrected chi connectivity index (χ2v) is 8.94. The molecule has 2 unspecified atom stereocenters. The zero-order valence-corrected chi connectivity index (χ0v) is 18.2. The summed E-state index contributed by atoms with van der Waals surface area (Å²) in [6, 6.07) is 1.07. The lowest BCUT2D eigenvalue weighted by Gasteiger charge is -2.21. The molecule has 3 rings (SSSR count). The van der Waals surface area contributed by atoms with Gasteiger partial charge in [-0.05, 0) is 39.5 Å². The first-order chi connectivity index (χ1) is 13.1. The molecule has 152 valence electrons. The summed E-state index contributed by atoms with van der Waals surface area (Å²) in [5.74, 6) is 1.58. The van der Waals surface area contributed by atoms with E-state index in [0.717, 1.165) is 51.6 Å². The van der Waals surface area contributed by atoms with Gasteiger partial charge in [-0.2, -0.15) is 0 Å². The lowest BCUT2D eigenvalue weighted by Crippen LogP contribution is -2.47. The minimum Gasteiger partial charge on any atom is -0.357 e. The van der Waals surface area contributed by atoms with Crippen molar-refractivity contribution in [3.63, 3.8) is 0 Å². The monoisotopic (exact) mass is 392 g/mol. The number of rotatable bonds is 7. The molecule has 1 aromatic heterocycles. The Hall–Kier alpha value is -1.34. The zero-order chi connectivity index (χ0) is 19.2. The molecule has 0 saturated carbocycles. The number of likely N-dealkylation sites (tertiary alicyclic amines) is 1. The van der Waals surface area contributed by atoms with Gasteiger partial charge in [0.25, 0.3) is 0 Å². The first-order valence-corrected chi connectivity index (χ1v) is 11.4. The predicted octanol–water partition coefficient (Wildman–Crippen LogP) is 2.57. The number of thiazole rings is 1. The lowest BCUT2D eigenvalue weighted by atomic mass is 10.1. The van der Waals surface area contributed by atoms with Gasteiger partial charge in [0.05, 0.1) is 5.69 Å². The van der Waals surface area contributed by atoms with Gasteiger partial charge < -0.3 is 15.5 Å². The Kier molecular flexibility index (Phi) is 7.35. The van der Waals surface area contributed by atoms with Crippen LogP contribution in [0, 0.1) is 5.92 Å². The summed E-state index contributed by atoms with van der Waals surface area (Å²) in [7, 11) is 0. The van der Waals surface area contributed by atoms with Crippen molar-refractivity contribution in [3.05, 3.63) is 11.1 Å². The second kappa shape index (κ2) is 9.73. The Labute approximate surface area is 168 Å². The average Bonchev–Trinajstić information content (AvgIpc) is 3.36. The Morgan fingerprint density at radius 1 is 1.33 bits per heavy atom. The summed E-state index contributed by atoms with van der Waals surface area (Å²) in [6.07, 6.45) is 3.49. The molecule has 2 aliphatic rings. The van der Waals surface area contributed by atoms with Crippen LogP contribution in [0.2, 0.25) is 0 Å². The van der Waals surface area contributed by atoms with E-state index in [9.17, 15) is 0 Å². The molecule has 2 fully saturated rings. The normalized spacial score (nSPS) is 24.2. The summed E-state index contributed by atoms with van der Waals surface area (Å²) in [5, 5.41) is 10.4. The highest BCUT2D eigenvalue weighted by Gasteiger charge is 2.31. The van der Waals surface area contributed by atoms with Crippen LogP contribution < -0.4 is 15.5 Å². The van der Waals surface area contributed by atoms with Gasteiger partial charge in [-0.3, -0.25) is 9.89 Å². The molecule has 1 aromatic rings. The standard InChI is InChI=1S/C20H36N6S/c1-5-21-19(24-18-13-26(15(2)3)12-16(18)4)22-9-8-17-14-27-20(23-17)25-10-6-7-11-25/h14-16,18H,5-13H2,1-4H3,(H2,21,22,24). The van der Waals surface area contributed by atoms with Crippen LogP contribution in [0.1, 0.15) is 46.2 Å². The molecule has 7 heteroatoms. The highest BCUT2D eigenvalue weighted by Crippen LogP contribution is 2.24. The molecule has 2 atom stereocenters. The first-order valence-electron chi connectivity index (χ1n) is 10.5. The van der Waals surface area contributed by atoms with E-state index >= 15 is 0 Å². The highest BCUT2D eigenvalue weighted by atomic mass is 32.1. The van der Waals surface area contributed by atoms with Crippen LogP contribution in [0.5, 0.6) is 0 Å². The van der Waals surface area contributed by atoms with Gasteiger partial charge in [-0.15, -0.1) is 11.3 Å². The molecule has 27 heavy (non-hydrogen) atoms. The molecule has 0 aliphatic carbocycles. The molecule has 2 aliphatic heterocycles. The smallest absolute Gasteiger partial charge is 0.191 e. The summed E-state index contributed by atoms with van der Waals surface area (Å²) in [5.41, 5.74) is 1.17. The van der Waals surface area contributed by atoms with E-state index in [4.69, 9.17) is 9.98 Å². The number of hydrogen-bond donors (Lipinski definition) is 2. The van der Waals surface area contributed by atoms with Crippen molar-refractivity contribution in [1.29, 1.82) is 0 Å². The van der Waals surface area contributed by atoms with Gasteiger partial charge in [0, 0.05) is 63.2 Å². The van der Waals surface area contributed by atoms with E-state index in [1.165, 1.54) is 23.7 Å². The summed E-state index contributed by atoms with van der Waals surface area (Å²) in [4.78, 5) is 14.6. The maximum absolute atomic E-state index is 4.81. The lowest BCUT2D eigenvalue weighted by molar-refractivity contribution is 0.265.